The van der Waals surface area contributed by atoms with Gasteiger partial charge in [0.05, 0.1) is 12.5 Å². The minimum Gasteiger partial charge on any atom is -0.481 e. The normalized spacial score (nSPS) is 12.7. The van der Waals surface area contributed by atoms with Crippen molar-refractivity contribution >= 4 is 5.97 Å². The van der Waals surface area contributed by atoms with E-state index in [2.05, 4.69) is 15.5 Å². The zero-order valence-corrected chi connectivity index (χ0v) is 8.75. The maximum atomic E-state index is 10.6. The highest BCUT2D eigenvalue weighted by atomic mass is 16.5. The largest absolute Gasteiger partial charge is 0.481 e. The molecule has 0 aliphatic rings. The molecule has 0 spiro atoms. The minimum atomic E-state index is -0.860. The molecule has 0 amide bonds. The van der Waals surface area contributed by atoms with Gasteiger partial charge in [0, 0.05) is 7.11 Å². The zero-order valence-electron chi connectivity index (χ0n) is 8.75. The SMILES string of the molecule is CCC(CC(=O)O)n1nnnc1COC. The number of carboxylic acids is 1. The Morgan fingerprint density at radius 2 is 2.40 bits per heavy atom. The smallest absolute Gasteiger partial charge is 0.305 e. The van der Waals surface area contributed by atoms with Crippen LogP contribution in [-0.4, -0.2) is 38.4 Å². The van der Waals surface area contributed by atoms with E-state index in [-0.39, 0.29) is 19.1 Å². The van der Waals surface area contributed by atoms with Crippen molar-refractivity contribution < 1.29 is 14.6 Å². The van der Waals surface area contributed by atoms with Crippen LogP contribution < -0.4 is 0 Å². The Bertz CT molecular complexity index is 325. The quantitative estimate of drug-likeness (QED) is 0.729. The summed E-state index contributed by atoms with van der Waals surface area (Å²) in [4.78, 5) is 10.6. The second kappa shape index (κ2) is 5.40. The van der Waals surface area contributed by atoms with Crippen LogP contribution in [0.15, 0.2) is 0 Å². The van der Waals surface area contributed by atoms with Gasteiger partial charge >= 0.3 is 5.97 Å². The van der Waals surface area contributed by atoms with Gasteiger partial charge in [0.2, 0.25) is 0 Å². The molecule has 0 bridgehead atoms. The number of methoxy groups -OCH3 is 1. The molecular weight excluding hydrogens is 200 g/mol. The molecule has 0 saturated carbocycles. The molecule has 84 valence electrons. The monoisotopic (exact) mass is 214 g/mol. The average Bonchev–Trinajstić information content (AvgIpc) is 2.63. The van der Waals surface area contributed by atoms with E-state index >= 15 is 0 Å². The van der Waals surface area contributed by atoms with Crippen molar-refractivity contribution in [1.29, 1.82) is 0 Å². The van der Waals surface area contributed by atoms with Gasteiger partial charge in [0.1, 0.15) is 6.61 Å². The van der Waals surface area contributed by atoms with Crippen molar-refractivity contribution in [3.8, 4) is 0 Å². The number of tetrazole rings is 1. The van der Waals surface area contributed by atoms with Gasteiger partial charge in [-0.2, -0.15) is 0 Å². The number of hydrogen-bond acceptors (Lipinski definition) is 5. The molecule has 0 aliphatic carbocycles. The second-order valence-electron chi connectivity index (χ2n) is 3.13. The number of carbonyl (C=O) groups is 1. The molecule has 0 fully saturated rings. The van der Waals surface area contributed by atoms with E-state index in [4.69, 9.17) is 9.84 Å². The summed E-state index contributed by atoms with van der Waals surface area (Å²) in [7, 11) is 1.54. The van der Waals surface area contributed by atoms with E-state index < -0.39 is 5.97 Å². The van der Waals surface area contributed by atoms with Crippen LogP contribution in [0.1, 0.15) is 31.6 Å². The first-order valence-electron chi connectivity index (χ1n) is 4.66. The topological polar surface area (TPSA) is 90.1 Å². The molecule has 1 N–H and O–H groups in total. The molecule has 0 aromatic carbocycles. The molecule has 1 unspecified atom stereocenters. The third-order valence-electron chi connectivity index (χ3n) is 2.06. The standard InChI is InChI=1S/C8H14N4O3/c1-3-6(4-8(13)14)12-7(5-15-2)9-10-11-12/h6H,3-5H2,1-2H3,(H,13,14). The highest BCUT2D eigenvalue weighted by Crippen LogP contribution is 2.15. The van der Waals surface area contributed by atoms with E-state index in [1.165, 1.54) is 11.8 Å². The van der Waals surface area contributed by atoms with Gasteiger partial charge in [-0.3, -0.25) is 4.79 Å². The lowest BCUT2D eigenvalue weighted by molar-refractivity contribution is -0.138. The van der Waals surface area contributed by atoms with E-state index in [1.54, 1.807) is 0 Å². The summed E-state index contributed by atoms with van der Waals surface area (Å²) in [5.74, 6) is -0.314. The van der Waals surface area contributed by atoms with Crippen molar-refractivity contribution in [2.45, 2.75) is 32.4 Å². The Kier molecular flexibility index (Phi) is 4.17. The zero-order chi connectivity index (χ0) is 11.3. The van der Waals surface area contributed by atoms with Gasteiger partial charge in [-0.25, -0.2) is 4.68 Å². The molecule has 0 radical (unpaired) electrons. The van der Waals surface area contributed by atoms with E-state index in [0.29, 0.717) is 12.2 Å². The third kappa shape index (κ3) is 2.98. The first-order chi connectivity index (χ1) is 7.19. The summed E-state index contributed by atoms with van der Waals surface area (Å²) < 4.78 is 6.43. The lowest BCUT2D eigenvalue weighted by Gasteiger charge is -2.13. The lowest BCUT2D eigenvalue weighted by Crippen LogP contribution is -2.17. The highest BCUT2D eigenvalue weighted by Gasteiger charge is 2.18. The van der Waals surface area contributed by atoms with Crippen LogP contribution in [0, 0.1) is 0 Å². The number of ether oxygens (including phenoxy) is 1. The molecule has 0 saturated heterocycles. The maximum Gasteiger partial charge on any atom is 0.305 e. The van der Waals surface area contributed by atoms with Gasteiger partial charge in [0.25, 0.3) is 0 Å². The predicted octanol–water partition coefficient (Wildman–Crippen LogP) is 0.245. The van der Waals surface area contributed by atoms with E-state index in [0.717, 1.165) is 0 Å². The van der Waals surface area contributed by atoms with Crippen molar-refractivity contribution in [2.24, 2.45) is 0 Å². The number of aliphatic carboxylic acids is 1. The molecular formula is C8H14N4O3. The summed E-state index contributed by atoms with van der Waals surface area (Å²) in [6.45, 7) is 2.18. The van der Waals surface area contributed by atoms with Crippen LogP contribution in [0.3, 0.4) is 0 Å². The summed E-state index contributed by atoms with van der Waals surface area (Å²) in [5.41, 5.74) is 0. The highest BCUT2D eigenvalue weighted by molar-refractivity contribution is 5.67. The van der Waals surface area contributed by atoms with Gasteiger partial charge in [-0.1, -0.05) is 6.92 Å². The molecule has 1 aromatic rings. The van der Waals surface area contributed by atoms with E-state index in [9.17, 15) is 4.79 Å². The number of nitrogens with zero attached hydrogens (tertiary/aromatic N) is 4. The molecule has 15 heavy (non-hydrogen) atoms. The Balaban J connectivity index is 2.80. The number of rotatable bonds is 6. The minimum absolute atomic E-state index is 0.0122. The van der Waals surface area contributed by atoms with Crippen molar-refractivity contribution in [2.75, 3.05) is 7.11 Å². The first kappa shape index (κ1) is 11.6. The molecule has 1 atom stereocenters. The summed E-state index contributed by atoms with van der Waals surface area (Å²) >= 11 is 0. The van der Waals surface area contributed by atoms with Gasteiger partial charge in [-0.15, -0.1) is 5.10 Å². The maximum absolute atomic E-state index is 10.6. The second-order valence-corrected chi connectivity index (χ2v) is 3.13. The molecule has 7 heteroatoms. The number of hydrogen-bond donors (Lipinski definition) is 1. The van der Waals surface area contributed by atoms with Gasteiger partial charge in [0.15, 0.2) is 5.82 Å². The summed E-state index contributed by atoms with van der Waals surface area (Å²) in [6.07, 6.45) is 0.673. The predicted molar refractivity (Wildman–Crippen MR) is 50.1 cm³/mol. The first-order valence-corrected chi connectivity index (χ1v) is 4.66. The molecule has 7 nitrogen and oxygen atoms in total. The van der Waals surface area contributed by atoms with Crippen molar-refractivity contribution in [1.82, 2.24) is 20.2 Å². The fourth-order valence-electron chi connectivity index (χ4n) is 1.33. The number of aromatic nitrogens is 4. The van der Waals surface area contributed by atoms with Crippen LogP contribution in [-0.2, 0) is 16.1 Å². The molecule has 1 rings (SSSR count). The van der Waals surface area contributed by atoms with Crippen LogP contribution >= 0.6 is 0 Å². The molecule has 1 heterocycles. The van der Waals surface area contributed by atoms with Crippen LogP contribution in [0.2, 0.25) is 0 Å². The van der Waals surface area contributed by atoms with Crippen LogP contribution in [0.25, 0.3) is 0 Å². The fourth-order valence-corrected chi connectivity index (χ4v) is 1.33. The van der Waals surface area contributed by atoms with Crippen LogP contribution in [0.5, 0.6) is 0 Å². The molecule has 0 aliphatic heterocycles. The third-order valence-corrected chi connectivity index (χ3v) is 2.06. The number of carboxylic acid groups (broad SMARTS) is 1. The van der Waals surface area contributed by atoms with Gasteiger partial charge in [-0.05, 0) is 16.8 Å². The summed E-state index contributed by atoms with van der Waals surface area (Å²) in [5, 5.41) is 19.8. The van der Waals surface area contributed by atoms with Gasteiger partial charge < -0.3 is 9.84 Å². The fraction of sp³-hybridized carbons (Fsp3) is 0.750. The average molecular weight is 214 g/mol. The van der Waals surface area contributed by atoms with Crippen LogP contribution in [0.4, 0.5) is 0 Å². The Labute approximate surface area is 87.0 Å². The van der Waals surface area contributed by atoms with Crippen molar-refractivity contribution in [3.63, 3.8) is 0 Å². The molecule has 1 aromatic heterocycles. The van der Waals surface area contributed by atoms with Crippen molar-refractivity contribution in [3.05, 3.63) is 5.82 Å². The Morgan fingerprint density at radius 1 is 1.67 bits per heavy atom. The Morgan fingerprint density at radius 3 is 2.93 bits per heavy atom. The Hall–Kier alpha value is -1.50. The summed E-state index contributed by atoms with van der Waals surface area (Å²) in [6, 6.07) is -0.220. The van der Waals surface area contributed by atoms with E-state index in [1.807, 2.05) is 6.92 Å². The lowest BCUT2D eigenvalue weighted by atomic mass is 10.1.